The van der Waals surface area contributed by atoms with Gasteiger partial charge in [-0.05, 0) is 50.4 Å². The fourth-order valence-corrected chi connectivity index (χ4v) is 4.24. The Morgan fingerprint density at radius 2 is 1.16 bits per heavy atom. The average Bonchev–Trinajstić information content (AvgIpc) is 2.75. The average molecular weight is 445 g/mol. The van der Waals surface area contributed by atoms with E-state index in [2.05, 4.69) is 0 Å². The van der Waals surface area contributed by atoms with Crippen molar-refractivity contribution in [2.24, 2.45) is 17.3 Å². The number of carbonyl (C=O) groups is 2. The van der Waals surface area contributed by atoms with Crippen molar-refractivity contribution < 1.29 is 38.0 Å². The molecule has 2 heterocycles. The van der Waals surface area contributed by atoms with E-state index in [1.165, 1.54) is 0 Å². The van der Waals surface area contributed by atoms with Gasteiger partial charge in [-0.25, -0.2) is 0 Å². The highest BCUT2D eigenvalue weighted by atomic mass is 16.7. The third-order valence-electron chi connectivity index (χ3n) is 6.01. The largest absolute Gasteiger partial charge is 0.462 e. The van der Waals surface area contributed by atoms with Crippen LogP contribution in [0.3, 0.4) is 0 Å². The van der Waals surface area contributed by atoms with Crippen LogP contribution in [0.5, 0.6) is 0 Å². The smallest absolute Gasteiger partial charge is 0.324 e. The summed E-state index contributed by atoms with van der Waals surface area (Å²) < 4.78 is 33.2. The van der Waals surface area contributed by atoms with E-state index in [4.69, 9.17) is 28.4 Å². The van der Waals surface area contributed by atoms with E-state index < -0.39 is 17.4 Å². The molecule has 2 rings (SSSR count). The molecule has 8 nitrogen and oxygen atoms in total. The second-order valence-electron chi connectivity index (χ2n) is 8.78. The van der Waals surface area contributed by atoms with Gasteiger partial charge in [0.25, 0.3) is 0 Å². The van der Waals surface area contributed by atoms with Crippen LogP contribution in [0.4, 0.5) is 0 Å². The molecule has 2 aliphatic heterocycles. The zero-order chi connectivity index (χ0) is 22.7. The number of esters is 2. The van der Waals surface area contributed by atoms with Crippen molar-refractivity contribution in [1.82, 2.24) is 0 Å². The third-order valence-corrected chi connectivity index (χ3v) is 6.01. The van der Waals surface area contributed by atoms with Gasteiger partial charge in [0.15, 0.2) is 18.0 Å². The molecule has 0 aromatic heterocycles. The first-order chi connectivity index (χ1) is 14.9. The standard InChI is InChI=1S/C23H40O8/c1-17(2)23(18(3)4,21(24)30-15-13-28-19-9-5-7-11-26-19)22(25)31-16-14-29-20-10-6-8-12-27-20/h17-20H,5-16H2,1-4H3. The first kappa shape index (κ1) is 26.0. The number of hydrogen-bond donors (Lipinski definition) is 0. The second-order valence-corrected chi connectivity index (χ2v) is 8.78. The van der Waals surface area contributed by atoms with Gasteiger partial charge < -0.3 is 28.4 Å². The minimum atomic E-state index is -1.39. The minimum absolute atomic E-state index is 0.0648. The molecular formula is C23H40O8. The Balaban J connectivity index is 1.83. The van der Waals surface area contributed by atoms with Crippen LogP contribution in [0.2, 0.25) is 0 Å². The fourth-order valence-electron chi connectivity index (χ4n) is 4.24. The van der Waals surface area contributed by atoms with Crippen LogP contribution < -0.4 is 0 Å². The fraction of sp³-hybridized carbons (Fsp3) is 0.913. The van der Waals surface area contributed by atoms with Crippen molar-refractivity contribution in [2.75, 3.05) is 39.6 Å². The molecule has 0 aromatic rings. The molecule has 0 radical (unpaired) electrons. The third kappa shape index (κ3) is 7.41. The summed E-state index contributed by atoms with van der Waals surface area (Å²) in [6.07, 6.45) is 5.41. The summed E-state index contributed by atoms with van der Waals surface area (Å²) in [6, 6.07) is 0. The molecule has 0 amide bonds. The molecule has 2 unspecified atom stereocenters. The van der Waals surface area contributed by atoms with Crippen molar-refractivity contribution in [3.63, 3.8) is 0 Å². The molecule has 2 atom stereocenters. The van der Waals surface area contributed by atoms with Crippen LogP contribution in [0.25, 0.3) is 0 Å². The molecule has 0 bridgehead atoms. The number of carbonyl (C=O) groups excluding carboxylic acids is 2. The molecule has 2 aliphatic rings. The van der Waals surface area contributed by atoms with E-state index in [0.29, 0.717) is 13.2 Å². The van der Waals surface area contributed by atoms with Gasteiger partial charge in [0, 0.05) is 13.2 Å². The summed E-state index contributed by atoms with van der Waals surface area (Å²) in [5.74, 6) is -1.74. The van der Waals surface area contributed by atoms with Gasteiger partial charge in [0.05, 0.1) is 13.2 Å². The highest BCUT2D eigenvalue weighted by Gasteiger charge is 2.54. The topological polar surface area (TPSA) is 89.5 Å². The maximum absolute atomic E-state index is 13.1. The van der Waals surface area contributed by atoms with E-state index in [1.54, 1.807) is 0 Å². The molecule has 2 fully saturated rings. The molecule has 31 heavy (non-hydrogen) atoms. The second kappa shape index (κ2) is 13.4. The maximum Gasteiger partial charge on any atom is 0.324 e. The molecule has 0 saturated carbocycles. The quantitative estimate of drug-likeness (QED) is 0.257. The first-order valence-electron chi connectivity index (χ1n) is 11.7. The normalized spacial score (nSPS) is 22.5. The Morgan fingerprint density at radius 1 is 0.742 bits per heavy atom. The van der Waals surface area contributed by atoms with Crippen molar-refractivity contribution in [3.05, 3.63) is 0 Å². The lowest BCUT2D eigenvalue weighted by Crippen LogP contribution is -2.50. The van der Waals surface area contributed by atoms with Gasteiger partial charge in [0.1, 0.15) is 13.2 Å². The van der Waals surface area contributed by atoms with Crippen LogP contribution >= 0.6 is 0 Å². The van der Waals surface area contributed by atoms with E-state index >= 15 is 0 Å². The Morgan fingerprint density at radius 3 is 1.48 bits per heavy atom. The summed E-state index contributed by atoms with van der Waals surface area (Å²) in [6.45, 7) is 9.31. The molecule has 0 aromatic carbocycles. The Hall–Kier alpha value is -1.22. The molecule has 2 saturated heterocycles. The molecule has 0 N–H and O–H groups in total. The SMILES string of the molecule is CC(C)C(C(=O)OCCOC1CCCCO1)(C(=O)OCCOC1CCCCO1)C(C)C. The van der Waals surface area contributed by atoms with Gasteiger partial charge in [0.2, 0.25) is 0 Å². The summed E-state index contributed by atoms with van der Waals surface area (Å²) in [5, 5.41) is 0. The zero-order valence-electron chi connectivity index (χ0n) is 19.6. The van der Waals surface area contributed by atoms with E-state index in [-0.39, 0.29) is 50.8 Å². The van der Waals surface area contributed by atoms with Crippen molar-refractivity contribution in [1.29, 1.82) is 0 Å². The minimum Gasteiger partial charge on any atom is -0.462 e. The van der Waals surface area contributed by atoms with Gasteiger partial charge in [-0.3, -0.25) is 9.59 Å². The Labute approximate surface area is 186 Å². The van der Waals surface area contributed by atoms with Crippen LogP contribution in [0.15, 0.2) is 0 Å². The van der Waals surface area contributed by atoms with Crippen molar-refractivity contribution in [3.8, 4) is 0 Å². The van der Waals surface area contributed by atoms with Crippen molar-refractivity contribution >= 4 is 11.9 Å². The molecular weight excluding hydrogens is 404 g/mol. The van der Waals surface area contributed by atoms with E-state index in [0.717, 1.165) is 38.5 Å². The summed E-state index contributed by atoms with van der Waals surface area (Å²) in [7, 11) is 0. The highest BCUT2D eigenvalue weighted by molar-refractivity contribution is 6.00. The monoisotopic (exact) mass is 444 g/mol. The van der Waals surface area contributed by atoms with Gasteiger partial charge in [-0.1, -0.05) is 27.7 Å². The lowest BCUT2D eigenvalue weighted by molar-refractivity contribution is -0.193. The van der Waals surface area contributed by atoms with Gasteiger partial charge in [-0.2, -0.15) is 0 Å². The predicted octanol–water partition coefficient (Wildman–Crippen LogP) is 3.46. The lowest BCUT2D eigenvalue weighted by Gasteiger charge is -2.36. The summed E-state index contributed by atoms with van der Waals surface area (Å²) in [4.78, 5) is 26.1. The van der Waals surface area contributed by atoms with Gasteiger partial charge >= 0.3 is 11.9 Å². The number of hydrogen-bond acceptors (Lipinski definition) is 8. The predicted molar refractivity (Wildman–Crippen MR) is 113 cm³/mol. The van der Waals surface area contributed by atoms with Crippen LogP contribution in [0.1, 0.15) is 66.2 Å². The summed E-state index contributed by atoms with van der Waals surface area (Å²) in [5.41, 5.74) is -1.39. The Kier molecular flexibility index (Phi) is 11.2. The van der Waals surface area contributed by atoms with Crippen molar-refractivity contribution in [2.45, 2.75) is 78.8 Å². The van der Waals surface area contributed by atoms with E-state index in [1.807, 2.05) is 27.7 Å². The molecule has 8 heteroatoms. The van der Waals surface area contributed by atoms with Gasteiger partial charge in [-0.15, -0.1) is 0 Å². The molecule has 180 valence electrons. The molecule has 0 spiro atoms. The van der Waals surface area contributed by atoms with Crippen LogP contribution in [-0.4, -0.2) is 64.2 Å². The van der Waals surface area contributed by atoms with E-state index in [9.17, 15) is 9.59 Å². The number of rotatable bonds is 12. The lowest BCUT2D eigenvalue weighted by atomic mass is 9.69. The maximum atomic E-state index is 13.1. The number of ether oxygens (including phenoxy) is 6. The van der Waals surface area contributed by atoms with Crippen LogP contribution in [-0.2, 0) is 38.0 Å². The Bertz CT molecular complexity index is 488. The highest BCUT2D eigenvalue weighted by Crippen LogP contribution is 2.39. The molecule has 0 aliphatic carbocycles. The first-order valence-corrected chi connectivity index (χ1v) is 11.7. The van der Waals surface area contributed by atoms with Crippen LogP contribution in [0, 0.1) is 17.3 Å². The summed E-state index contributed by atoms with van der Waals surface area (Å²) >= 11 is 0. The zero-order valence-corrected chi connectivity index (χ0v) is 19.6.